The van der Waals surface area contributed by atoms with Gasteiger partial charge in [0, 0.05) is 18.5 Å². The fraction of sp³-hybridized carbons (Fsp3) is 0.267. The maximum Gasteiger partial charge on any atom is 0.168 e. The Balaban J connectivity index is 2.19. The lowest BCUT2D eigenvalue weighted by Gasteiger charge is -2.07. The summed E-state index contributed by atoms with van der Waals surface area (Å²) in [5.41, 5.74) is 3.19. The highest BCUT2D eigenvalue weighted by molar-refractivity contribution is 7.99. The van der Waals surface area contributed by atoms with Crippen LogP contribution in [0.4, 0.5) is 0 Å². The number of hydrogen-bond donors (Lipinski definition) is 1. The number of thioether (sulfide) groups is 1. The summed E-state index contributed by atoms with van der Waals surface area (Å²) in [7, 11) is 0. The quantitative estimate of drug-likeness (QED) is 0.650. The lowest BCUT2D eigenvalue weighted by atomic mass is 10.1. The lowest BCUT2D eigenvalue weighted by molar-refractivity contribution is 0.277. The number of aromatic nitrogens is 2. The van der Waals surface area contributed by atoms with E-state index in [4.69, 9.17) is 0 Å². The van der Waals surface area contributed by atoms with Crippen LogP contribution in [0.3, 0.4) is 0 Å². The van der Waals surface area contributed by atoms with Crippen molar-refractivity contribution in [3.63, 3.8) is 0 Å². The van der Waals surface area contributed by atoms with Gasteiger partial charge in [-0.25, -0.2) is 4.98 Å². The Kier molecular flexibility index (Phi) is 4.82. The van der Waals surface area contributed by atoms with E-state index in [0.29, 0.717) is 5.69 Å². The van der Waals surface area contributed by atoms with Crippen LogP contribution >= 0.6 is 11.8 Å². The van der Waals surface area contributed by atoms with Crippen LogP contribution in [0.5, 0.6) is 0 Å². The van der Waals surface area contributed by atoms with Crippen LogP contribution in [-0.2, 0) is 13.2 Å². The number of aryl methyl sites for hydroxylation is 1. The van der Waals surface area contributed by atoms with E-state index >= 15 is 0 Å². The second kappa shape index (κ2) is 6.59. The molecule has 4 heteroatoms. The van der Waals surface area contributed by atoms with Crippen LogP contribution in [0.2, 0.25) is 0 Å². The molecule has 0 atom stereocenters. The molecule has 0 saturated heterocycles. The predicted molar refractivity (Wildman–Crippen MR) is 79.4 cm³/mol. The largest absolute Gasteiger partial charge is 0.390 e. The van der Waals surface area contributed by atoms with E-state index in [1.54, 1.807) is 11.8 Å². The minimum absolute atomic E-state index is 0.0253. The van der Waals surface area contributed by atoms with Crippen molar-refractivity contribution in [3.8, 4) is 0 Å². The van der Waals surface area contributed by atoms with Crippen LogP contribution < -0.4 is 0 Å². The highest BCUT2D eigenvalue weighted by Crippen LogP contribution is 2.19. The zero-order valence-electron chi connectivity index (χ0n) is 11.0. The standard InChI is InChI=1S/C15H18N2OS/c1-3-8-19-15-16-14(11-18)10-17(15)9-13-6-4-12(2)5-7-13/h3-7,10,18H,1,8-9,11H2,2H3. The lowest BCUT2D eigenvalue weighted by Crippen LogP contribution is -2.00. The van der Waals surface area contributed by atoms with Gasteiger partial charge in [0.05, 0.1) is 12.3 Å². The summed E-state index contributed by atoms with van der Waals surface area (Å²) in [5.74, 6) is 0.815. The van der Waals surface area contributed by atoms with Gasteiger partial charge >= 0.3 is 0 Å². The van der Waals surface area contributed by atoms with Gasteiger partial charge in [-0.2, -0.15) is 0 Å². The smallest absolute Gasteiger partial charge is 0.168 e. The number of aliphatic hydroxyl groups excluding tert-OH is 1. The molecule has 0 aliphatic rings. The van der Waals surface area contributed by atoms with Crippen LogP contribution in [0.1, 0.15) is 16.8 Å². The Morgan fingerprint density at radius 3 is 2.74 bits per heavy atom. The molecule has 3 nitrogen and oxygen atoms in total. The second-order valence-corrected chi connectivity index (χ2v) is 5.37. The van der Waals surface area contributed by atoms with E-state index in [1.165, 1.54) is 11.1 Å². The molecular weight excluding hydrogens is 256 g/mol. The molecule has 0 aliphatic carbocycles. The monoisotopic (exact) mass is 274 g/mol. The van der Waals surface area contributed by atoms with Crippen LogP contribution in [0, 0.1) is 6.92 Å². The molecule has 0 bridgehead atoms. The fourth-order valence-corrected chi connectivity index (χ4v) is 2.51. The second-order valence-electron chi connectivity index (χ2n) is 4.39. The van der Waals surface area contributed by atoms with Crippen molar-refractivity contribution in [2.24, 2.45) is 0 Å². The Hall–Kier alpha value is -1.52. The van der Waals surface area contributed by atoms with E-state index in [-0.39, 0.29) is 6.61 Å². The van der Waals surface area contributed by atoms with E-state index in [2.05, 4.69) is 47.3 Å². The summed E-state index contributed by atoms with van der Waals surface area (Å²) in [5, 5.41) is 10.1. The minimum Gasteiger partial charge on any atom is -0.390 e. The Bertz CT molecular complexity index is 546. The SMILES string of the molecule is C=CCSc1nc(CO)cn1Cc1ccc(C)cc1. The highest BCUT2D eigenvalue weighted by atomic mass is 32.2. The van der Waals surface area contributed by atoms with Gasteiger partial charge in [0.2, 0.25) is 0 Å². The zero-order valence-corrected chi connectivity index (χ0v) is 11.9. The summed E-state index contributed by atoms with van der Waals surface area (Å²) in [6.45, 7) is 6.54. The molecule has 0 spiro atoms. The van der Waals surface area contributed by atoms with E-state index < -0.39 is 0 Å². The number of imidazole rings is 1. The predicted octanol–water partition coefficient (Wildman–Crippen LogP) is 3.01. The van der Waals surface area contributed by atoms with E-state index in [9.17, 15) is 5.11 Å². The summed E-state index contributed by atoms with van der Waals surface area (Å²) in [6, 6.07) is 8.46. The first kappa shape index (κ1) is 13.9. The Morgan fingerprint density at radius 1 is 1.37 bits per heavy atom. The Labute approximate surface area is 118 Å². The van der Waals surface area contributed by atoms with Gasteiger partial charge in [0.1, 0.15) is 0 Å². The molecule has 1 aromatic carbocycles. The average molecular weight is 274 g/mol. The van der Waals surface area contributed by atoms with Crippen molar-refractivity contribution >= 4 is 11.8 Å². The number of nitrogens with zero attached hydrogens (tertiary/aromatic N) is 2. The van der Waals surface area contributed by atoms with Gasteiger partial charge < -0.3 is 9.67 Å². The number of rotatable bonds is 6. The van der Waals surface area contributed by atoms with Crippen molar-refractivity contribution < 1.29 is 5.11 Å². The number of benzene rings is 1. The summed E-state index contributed by atoms with van der Waals surface area (Å²) in [6.07, 6.45) is 3.76. The first-order chi connectivity index (χ1) is 9.22. The van der Waals surface area contributed by atoms with Gasteiger partial charge in [-0.3, -0.25) is 0 Å². The van der Waals surface area contributed by atoms with Crippen molar-refractivity contribution in [2.75, 3.05) is 5.75 Å². The third kappa shape index (κ3) is 3.72. The van der Waals surface area contributed by atoms with Crippen LogP contribution in [0.25, 0.3) is 0 Å². The molecule has 2 aromatic rings. The summed E-state index contributed by atoms with van der Waals surface area (Å²) in [4.78, 5) is 4.41. The first-order valence-corrected chi connectivity index (χ1v) is 7.17. The van der Waals surface area contributed by atoms with E-state index in [0.717, 1.165) is 17.5 Å². The van der Waals surface area contributed by atoms with Gasteiger partial charge in [-0.15, -0.1) is 6.58 Å². The van der Waals surface area contributed by atoms with Gasteiger partial charge in [0.15, 0.2) is 5.16 Å². The van der Waals surface area contributed by atoms with Gasteiger partial charge in [0.25, 0.3) is 0 Å². The number of hydrogen-bond acceptors (Lipinski definition) is 3. The molecule has 100 valence electrons. The van der Waals surface area contributed by atoms with Crippen LogP contribution in [0.15, 0.2) is 48.3 Å². The van der Waals surface area contributed by atoms with Gasteiger partial charge in [-0.1, -0.05) is 47.7 Å². The highest BCUT2D eigenvalue weighted by Gasteiger charge is 2.08. The normalized spacial score (nSPS) is 10.6. The molecule has 1 N–H and O–H groups in total. The van der Waals surface area contributed by atoms with Crippen molar-refractivity contribution in [1.82, 2.24) is 9.55 Å². The fourth-order valence-electron chi connectivity index (χ4n) is 1.78. The molecule has 19 heavy (non-hydrogen) atoms. The minimum atomic E-state index is -0.0253. The van der Waals surface area contributed by atoms with Crippen molar-refractivity contribution in [2.45, 2.75) is 25.2 Å². The zero-order chi connectivity index (χ0) is 13.7. The van der Waals surface area contributed by atoms with Crippen molar-refractivity contribution in [1.29, 1.82) is 0 Å². The molecule has 0 amide bonds. The molecule has 2 rings (SSSR count). The first-order valence-electron chi connectivity index (χ1n) is 6.19. The van der Waals surface area contributed by atoms with E-state index in [1.807, 2.05) is 12.3 Å². The maximum atomic E-state index is 9.20. The van der Waals surface area contributed by atoms with Gasteiger partial charge in [-0.05, 0) is 12.5 Å². The maximum absolute atomic E-state index is 9.20. The Morgan fingerprint density at radius 2 is 2.11 bits per heavy atom. The number of aliphatic hydroxyl groups is 1. The average Bonchev–Trinajstić information content (AvgIpc) is 2.81. The molecule has 0 aliphatic heterocycles. The summed E-state index contributed by atoms with van der Waals surface area (Å²) >= 11 is 1.63. The van der Waals surface area contributed by atoms with Crippen molar-refractivity contribution in [3.05, 3.63) is 59.9 Å². The molecular formula is C15H18N2OS. The molecule has 1 heterocycles. The molecule has 0 unspecified atom stereocenters. The third-order valence-electron chi connectivity index (χ3n) is 2.76. The molecule has 0 radical (unpaired) electrons. The third-order valence-corrected chi connectivity index (χ3v) is 3.74. The topological polar surface area (TPSA) is 38.1 Å². The summed E-state index contributed by atoms with van der Waals surface area (Å²) < 4.78 is 2.07. The molecule has 1 aromatic heterocycles. The molecule has 0 fully saturated rings. The van der Waals surface area contributed by atoms with Crippen LogP contribution in [-0.4, -0.2) is 20.4 Å². The molecule has 0 saturated carbocycles.